The number of nitrogens with zero attached hydrogens (tertiary/aromatic N) is 1. The number of carbonyl (C=O) groups is 1. The Kier molecular flexibility index (Phi) is 6.18. The highest BCUT2D eigenvalue weighted by molar-refractivity contribution is 7.99. The van der Waals surface area contributed by atoms with E-state index >= 15 is 0 Å². The van der Waals surface area contributed by atoms with Crippen molar-refractivity contribution < 1.29 is 15.0 Å². The molecule has 4 atom stereocenters. The van der Waals surface area contributed by atoms with Crippen LogP contribution in [0.3, 0.4) is 0 Å². The average Bonchev–Trinajstić information content (AvgIpc) is 2.47. The van der Waals surface area contributed by atoms with Crippen LogP contribution in [-0.4, -0.2) is 57.8 Å². The number of thioether (sulfide) groups is 1. The SMILES string of the molecule is C[C@@H]1CCN(C(=O)CSC[C@H](O)CO)[C@H]2CCCC[C@@H]12. The Morgan fingerprint density at radius 2 is 2.10 bits per heavy atom. The number of hydrogen-bond acceptors (Lipinski definition) is 4. The van der Waals surface area contributed by atoms with Gasteiger partial charge in [-0.1, -0.05) is 19.8 Å². The van der Waals surface area contributed by atoms with E-state index in [4.69, 9.17) is 5.11 Å². The molecule has 20 heavy (non-hydrogen) atoms. The highest BCUT2D eigenvalue weighted by Gasteiger charge is 2.39. The second kappa shape index (κ2) is 7.66. The van der Waals surface area contributed by atoms with Gasteiger partial charge in [0.1, 0.15) is 0 Å². The molecule has 0 aromatic rings. The summed E-state index contributed by atoms with van der Waals surface area (Å²) >= 11 is 1.43. The fourth-order valence-corrected chi connectivity index (χ4v) is 4.48. The number of likely N-dealkylation sites (tertiary alicyclic amines) is 1. The number of aliphatic hydroxyl groups is 2. The lowest BCUT2D eigenvalue weighted by Crippen LogP contribution is -2.52. The summed E-state index contributed by atoms with van der Waals surface area (Å²) in [4.78, 5) is 14.5. The first-order valence-corrected chi connectivity index (χ1v) is 8.95. The Labute approximate surface area is 125 Å². The molecule has 0 spiro atoms. The Hall–Kier alpha value is -0.260. The Morgan fingerprint density at radius 1 is 1.35 bits per heavy atom. The van der Waals surface area contributed by atoms with Gasteiger partial charge in [-0.15, -0.1) is 11.8 Å². The van der Waals surface area contributed by atoms with E-state index in [1.54, 1.807) is 0 Å². The minimum Gasteiger partial charge on any atom is -0.394 e. The number of aliphatic hydroxyl groups excluding tert-OH is 2. The molecule has 1 aliphatic carbocycles. The zero-order valence-electron chi connectivity index (χ0n) is 12.3. The molecule has 2 fully saturated rings. The summed E-state index contributed by atoms with van der Waals surface area (Å²) in [6.45, 7) is 2.99. The van der Waals surface area contributed by atoms with Crippen LogP contribution < -0.4 is 0 Å². The van der Waals surface area contributed by atoms with Crippen molar-refractivity contribution in [2.24, 2.45) is 11.8 Å². The lowest BCUT2D eigenvalue weighted by molar-refractivity contribution is -0.136. The van der Waals surface area contributed by atoms with Gasteiger partial charge < -0.3 is 15.1 Å². The van der Waals surface area contributed by atoms with E-state index in [2.05, 4.69) is 11.8 Å². The number of fused-ring (bicyclic) bond motifs is 1. The Morgan fingerprint density at radius 3 is 2.85 bits per heavy atom. The van der Waals surface area contributed by atoms with E-state index in [-0.39, 0.29) is 12.5 Å². The normalized spacial score (nSPS) is 31.8. The van der Waals surface area contributed by atoms with Gasteiger partial charge in [0.05, 0.1) is 18.5 Å². The van der Waals surface area contributed by atoms with Crippen molar-refractivity contribution in [1.82, 2.24) is 4.90 Å². The fourth-order valence-electron chi connectivity index (χ4n) is 3.64. The van der Waals surface area contributed by atoms with Crippen LogP contribution in [0.5, 0.6) is 0 Å². The zero-order valence-corrected chi connectivity index (χ0v) is 13.1. The van der Waals surface area contributed by atoms with Crippen LogP contribution in [0.25, 0.3) is 0 Å². The van der Waals surface area contributed by atoms with Gasteiger partial charge in [-0.25, -0.2) is 0 Å². The standard InChI is InChI=1S/C15H27NO3S/c1-11-6-7-16(14-5-3-2-4-13(11)14)15(19)10-20-9-12(18)8-17/h11-14,17-18H,2-10H2,1H3/t11-,12-,13+,14+/m1/s1. The third-order valence-electron chi connectivity index (χ3n) is 4.81. The largest absolute Gasteiger partial charge is 0.394 e. The van der Waals surface area contributed by atoms with Gasteiger partial charge in [0.15, 0.2) is 0 Å². The topological polar surface area (TPSA) is 60.8 Å². The van der Waals surface area contributed by atoms with Gasteiger partial charge in [-0.3, -0.25) is 4.79 Å². The highest BCUT2D eigenvalue weighted by atomic mass is 32.2. The molecular weight excluding hydrogens is 274 g/mol. The first-order valence-electron chi connectivity index (χ1n) is 7.79. The van der Waals surface area contributed by atoms with Gasteiger partial charge in [0, 0.05) is 18.3 Å². The van der Waals surface area contributed by atoms with E-state index in [0.717, 1.165) is 25.3 Å². The molecule has 1 saturated heterocycles. The zero-order chi connectivity index (χ0) is 14.5. The summed E-state index contributed by atoms with van der Waals surface area (Å²) < 4.78 is 0. The lowest BCUT2D eigenvalue weighted by Gasteiger charge is -2.47. The molecule has 0 radical (unpaired) electrons. The number of rotatable bonds is 5. The van der Waals surface area contributed by atoms with Crippen LogP contribution >= 0.6 is 11.8 Å². The summed E-state index contributed by atoms with van der Waals surface area (Å²) in [5.74, 6) is 2.50. The first-order chi connectivity index (χ1) is 9.63. The summed E-state index contributed by atoms with van der Waals surface area (Å²) in [6, 6.07) is 0.448. The predicted molar refractivity (Wildman–Crippen MR) is 81.7 cm³/mol. The van der Waals surface area contributed by atoms with E-state index in [1.165, 1.54) is 31.0 Å². The maximum absolute atomic E-state index is 12.4. The number of hydrogen-bond donors (Lipinski definition) is 2. The lowest BCUT2D eigenvalue weighted by atomic mass is 9.72. The maximum atomic E-state index is 12.4. The quantitative estimate of drug-likeness (QED) is 0.808. The summed E-state index contributed by atoms with van der Waals surface area (Å²) in [6.07, 6.45) is 5.39. The molecule has 1 heterocycles. The molecule has 2 N–H and O–H groups in total. The number of carbonyl (C=O) groups excluding carboxylic acids is 1. The monoisotopic (exact) mass is 301 g/mol. The molecule has 116 valence electrons. The van der Waals surface area contributed by atoms with E-state index in [1.807, 2.05) is 0 Å². The van der Waals surface area contributed by atoms with Crippen molar-refractivity contribution in [2.45, 2.75) is 51.2 Å². The van der Waals surface area contributed by atoms with E-state index in [9.17, 15) is 9.90 Å². The van der Waals surface area contributed by atoms with Gasteiger partial charge in [-0.05, 0) is 31.1 Å². The van der Waals surface area contributed by atoms with Crippen molar-refractivity contribution in [3.05, 3.63) is 0 Å². The molecule has 1 amide bonds. The summed E-state index contributed by atoms with van der Waals surface area (Å²) in [5.41, 5.74) is 0. The van der Waals surface area contributed by atoms with Crippen LogP contribution in [0.4, 0.5) is 0 Å². The first kappa shape index (κ1) is 16.1. The smallest absolute Gasteiger partial charge is 0.232 e. The Balaban J connectivity index is 1.85. The molecule has 4 nitrogen and oxygen atoms in total. The molecular formula is C15H27NO3S. The molecule has 1 aliphatic heterocycles. The Bertz CT molecular complexity index is 326. The van der Waals surface area contributed by atoms with Crippen LogP contribution in [0, 0.1) is 11.8 Å². The van der Waals surface area contributed by atoms with Crippen molar-refractivity contribution in [3.8, 4) is 0 Å². The summed E-state index contributed by atoms with van der Waals surface area (Å²) in [7, 11) is 0. The van der Waals surface area contributed by atoms with Crippen LogP contribution in [-0.2, 0) is 4.79 Å². The van der Waals surface area contributed by atoms with Gasteiger partial charge in [0.25, 0.3) is 0 Å². The third-order valence-corrected chi connectivity index (χ3v) is 5.88. The molecule has 5 heteroatoms. The van der Waals surface area contributed by atoms with Crippen molar-refractivity contribution >= 4 is 17.7 Å². The number of piperidine rings is 1. The van der Waals surface area contributed by atoms with Gasteiger partial charge >= 0.3 is 0 Å². The van der Waals surface area contributed by atoms with Gasteiger partial charge in [-0.2, -0.15) is 0 Å². The van der Waals surface area contributed by atoms with Gasteiger partial charge in [0.2, 0.25) is 5.91 Å². The fraction of sp³-hybridized carbons (Fsp3) is 0.933. The molecule has 0 aromatic heterocycles. The number of amides is 1. The van der Waals surface area contributed by atoms with Crippen molar-refractivity contribution in [2.75, 3.05) is 24.7 Å². The predicted octanol–water partition coefficient (Wildman–Crippen LogP) is 1.50. The second-order valence-electron chi connectivity index (χ2n) is 6.22. The molecule has 2 aliphatic rings. The minimum atomic E-state index is -0.711. The van der Waals surface area contributed by atoms with E-state index in [0.29, 0.717) is 23.5 Å². The maximum Gasteiger partial charge on any atom is 0.232 e. The minimum absolute atomic E-state index is 0.212. The molecule has 1 saturated carbocycles. The molecule has 0 aromatic carbocycles. The van der Waals surface area contributed by atoms with Crippen molar-refractivity contribution in [1.29, 1.82) is 0 Å². The summed E-state index contributed by atoms with van der Waals surface area (Å²) in [5, 5.41) is 18.1. The molecule has 2 rings (SSSR count). The second-order valence-corrected chi connectivity index (χ2v) is 7.25. The third kappa shape index (κ3) is 3.89. The highest BCUT2D eigenvalue weighted by Crippen LogP contribution is 2.38. The molecule has 0 unspecified atom stereocenters. The van der Waals surface area contributed by atoms with Crippen LogP contribution in [0.1, 0.15) is 39.0 Å². The van der Waals surface area contributed by atoms with Crippen LogP contribution in [0.15, 0.2) is 0 Å². The van der Waals surface area contributed by atoms with Crippen molar-refractivity contribution in [3.63, 3.8) is 0 Å². The molecule has 0 bridgehead atoms. The average molecular weight is 301 g/mol. The van der Waals surface area contributed by atoms with Crippen LogP contribution in [0.2, 0.25) is 0 Å². The van der Waals surface area contributed by atoms with E-state index < -0.39 is 6.10 Å².